The first kappa shape index (κ1) is 15.4. The summed E-state index contributed by atoms with van der Waals surface area (Å²) < 4.78 is 4.52. The van der Waals surface area contributed by atoms with Gasteiger partial charge in [0.25, 0.3) is 0 Å². The summed E-state index contributed by atoms with van der Waals surface area (Å²) in [5.41, 5.74) is -0.659. The van der Waals surface area contributed by atoms with Gasteiger partial charge in [-0.3, -0.25) is 4.79 Å². The van der Waals surface area contributed by atoms with E-state index < -0.39 is 5.41 Å². The maximum atomic E-state index is 13.3. The Hall–Kier alpha value is -2.63. The first-order chi connectivity index (χ1) is 13.0. The molecule has 0 radical (unpaired) electrons. The molecule has 27 heavy (non-hydrogen) atoms. The number of para-hydroxylation sites is 1. The first-order valence-electron chi connectivity index (χ1n) is 9.72. The van der Waals surface area contributed by atoms with Crippen molar-refractivity contribution in [2.24, 2.45) is 22.7 Å². The van der Waals surface area contributed by atoms with Crippen molar-refractivity contribution in [3.8, 4) is 5.69 Å². The summed E-state index contributed by atoms with van der Waals surface area (Å²) in [5, 5.41) is 0. The van der Waals surface area contributed by atoms with Crippen LogP contribution in [0.4, 0.5) is 0 Å². The van der Waals surface area contributed by atoms with Crippen molar-refractivity contribution in [1.29, 1.82) is 0 Å². The predicted molar refractivity (Wildman–Crippen MR) is 98.9 cm³/mol. The van der Waals surface area contributed by atoms with E-state index in [1.54, 1.807) is 21.5 Å². The molecule has 6 atom stereocenters. The Kier molecular flexibility index (Phi) is 2.53. The summed E-state index contributed by atoms with van der Waals surface area (Å²) in [6.07, 6.45) is 5.64. The molecule has 2 aromatic rings. The summed E-state index contributed by atoms with van der Waals surface area (Å²) >= 11 is 0. The number of hydrogen-bond acceptors (Lipinski definition) is 3. The number of ketones is 1. The maximum Gasteiger partial charge on any atom is 0.352 e. The van der Waals surface area contributed by atoms with Gasteiger partial charge in [-0.1, -0.05) is 50.6 Å². The van der Waals surface area contributed by atoms with Crippen LogP contribution in [0.2, 0.25) is 0 Å². The standard InChI is InChI=1S/C21H21N3O3/c1-3-12-11-16(25)20(2)17-14-9-10-15(21(12,17)20)24-19(27)22(18(26)23(14)24)13-7-5-4-6-8-13/h4-10,12,14-15,17H,3,11H2,1-2H3/t12-,14?,15?,17-,20-,21?/m0/s1. The monoisotopic (exact) mass is 363 g/mol. The van der Waals surface area contributed by atoms with Crippen molar-refractivity contribution in [1.82, 2.24) is 13.9 Å². The second-order valence-electron chi connectivity index (χ2n) is 8.59. The number of Topliss-reactive ketones (excluding diaryl/α,β-unsaturated/α-hetero) is 1. The Morgan fingerprint density at radius 2 is 1.74 bits per heavy atom. The van der Waals surface area contributed by atoms with Crippen molar-refractivity contribution in [3.05, 3.63) is 63.5 Å². The second kappa shape index (κ2) is 4.43. The Labute approximate surface area is 155 Å². The van der Waals surface area contributed by atoms with E-state index in [0.717, 1.165) is 6.42 Å². The fraction of sp³-hybridized carbons (Fsp3) is 0.476. The van der Waals surface area contributed by atoms with Crippen LogP contribution in [0.25, 0.3) is 5.69 Å². The third kappa shape index (κ3) is 1.34. The van der Waals surface area contributed by atoms with Crippen LogP contribution in [0.15, 0.2) is 52.1 Å². The smallest absolute Gasteiger partial charge is 0.299 e. The minimum absolute atomic E-state index is 0.120. The fourth-order valence-corrected chi connectivity index (χ4v) is 7.04. The molecule has 3 aliphatic carbocycles. The molecule has 0 saturated heterocycles. The van der Waals surface area contributed by atoms with Crippen LogP contribution in [-0.2, 0) is 4.79 Å². The highest BCUT2D eigenvalue weighted by atomic mass is 16.2. The first-order valence-corrected chi connectivity index (χ1v) is 9.72. The second-order valence-corrected chi connectivity index (χ2v) is 8.59. The largest absolute Gasteiger partial charge is 0.352 e. The molecule has 6 nitrogen and oxygen atoms in total. The zero-order valence-electron chi connectivity index (χ0n) is 15.3. The van der Waals surface area contributed by atoms with Gasteiger partial charge in [-0.15, -0.1) is 0 Å². The zero-order chi connectivity index (χ0) is 18.7. The van der Waals surface area contributed by atoms with E-state index in [4.69, 9.17) is 0 Å². The number of carbonyl (C=O) groups excluding carboxylic acids is 1. The van der Waals surface area contributed by atoms with Gasteiger partial charge in [0.2, 0.25) is 0 Å². The lowest BCUT2D eigenvalue weighted by Gasteiger charge is -2.42. The summed E-state index contributed by atoms with van der Waals surface area (Å²) in [6, 6.07) is 8.63. The van der Waals surface area contributed by atoms with E-state index in [1.165, 1.54) is 4.57 Å². The summed E-state index contributed by atoms with van der Waals surface area (Å²) in [7, 11) is 0. The molecule has 5 aliphatic rings. The van der Waals surface area contributed by atoms with E-state index in [0.29, 0.717) is 17.9 Å². The van der Waals surface area contributed by atoms with Crippen molar-refractivity contribution < 1.29 is 4.79 Å². The fourth-order valence-electron chi connectivity index (χ4n) is 7.04. The average molecular weight is 363 g/mol. The van der Waals surface area contributed by atoms with Gasteiger partial charge in [0.1, 0.15) is 5.78 Å². The van der Waals surface area contributed by atoms with E-state index in [1.807, 2.05) is 24.3 Å². The average Bonchev–Trinajstić information content (AvgIpc) is 3.10. The third-order valence-electron chi connectivity index (χ3n) is 8.02. The van der Waals surface area contributed by atoms with Crippen molar-refractivity contribution in [3.63, 3.8) is 0 Å². The number of rotatable bonds is 2. The maximum absolute atomic E-state index is 13.3. The normalized spacial score (nSPS) is 40.0. The molecule has 2 fully saturated rings. The van der Waals surface area contributed by atoms with Gasteiger partial charge in [-0.2, -0.15) is 0 Å². The van der Waals surface area contributed by atoms with Gasteiger partial charge in [-0.25, -0.2) is 23.5 Å². The van der Waals surface area contributed by atoms with Crippen molar-refractivity contribution in [2.45, 2.75) is 38.8 Å². The van der Waals surface area contributed by atoms with Gasteiger partial charge in [0.15, 0.2) is 0 Å². The van der Waals surface area contributed by atoms with Gasteiger partial charge >= 0.3 is 11.4 Å². The minimum Gasteiger partial charge on any atom is -0.299 e. The van der Waals surface area contributed by atoms with Gasteiger partial charge in [0, 0.05) is 23.2 Å². The van der Waals surface area contributed by atoms with Gasteiger partial charge in [0.05, 0.1) is 17.8 Å². The zero-order valence-corrected chi connectivity index (χ0v) is 15.3. The van der Waals surface area contributed by atoms with Crippen LogP contribution in [0.5, 0.6) is 0 Å². The van der Waals surface area contributed by atoms with Gasteiger partial charge in [-0.05, 0) is 18.1 Å². The molecular weight excluding hydrogens is 342 g/mol. The van der Waals surface area contributed by atoms with Crippen LogP contribution in [-0.4, -0.2) is 19.7 Å². The molecule has 1 aromatic carbocycles. The molecule has 2 aliphatic heterocycles. The van der Waals surface area contributed by atoms with E-state index in [2.05, 4.69) is 19.9 Å². The molecule has 3 unspecified atom stereocenters. The van der Waals surface area contributed by atoms with Crippen molar-refractivity contribution in [2.75, 3.05) is 0 Å². The molecule has 3 heterocycles. The lowest BCUT2D eigenvalue weighted by Crippen LogP contribution is -2.46. The molecule has 138 valence electrons. The van der Waals surface area contributed by atoms with Gasteiger partial charge < -0.3 is 0 Å². The number of allylic oxidation sites excluding steroid dienone is 2. The molecule has 0 amide bonds. The molecule has 1 spiro atoms. The van der Waals surface area contributed by atoms with E-state index in [-0.39, 0.29) is 40.7 Å². The van der Waals surface area contributed by atoms with E-state index >= 15 is 0 Å². The summed E-state index contributed by atoms with van der Waals surface area (Å²) in [4.78, 5) is 39.5. The minimum atomic E-state index is -0.422. The highest BCUT2D eigenvalue weighted by Gasteiger charge is 2.89. The SMILES string of the molecule is CC[C@H]1CC(=O)[C@@]2(C)[C@@H]3C4C=CC(n5c(=O)n(-c6ccccc6)c(=O)n54)C132. The van der Waals surface area contributed by atoms with Crippen LogP contribution in [0.1, 0.15) is 38.8 Å². The molecule has 7 rings (SSSR count). The Balaban J connectivity index is 1.63. The van der Waals surface area contributed by atoms with E-state index in [9.17, 15) is 14.4 Å². The Morgan fingerprint density at radius 3 is 2.44 bits per heavy atom. The van der Waals surface area contributed by atoms with Crippen molar-refractivity contribution >= 4 is 5.78 Å². The Morgan fingerprint density at radius 1 is 1.04 bits per heavy atom. The summed E-state index contributed by atoms with van der Waals surface area (Å²) in [5.74, 6) is 0.698. The number of aromatic nitrogens is 3. The number of benzene rings is 1. The highest BCUT2D eigenvalue weighted by molar-refractivity contribution is 5.94. The topological polar surface area (TPSA) is 66.0 Å². The number of hydrogen-bond donors (Lipinski definition) is 0. The Bertz CT molecular complexity index is 1150. The van der Waals surface area contributed by atoms with Crippen LogP contribution in [0, 0.1) is 22.7 Å². The quantitative estimate of drug-likeness (QED) is 0.768. The lowest BCUT2D eigenvalue weighted by molar-refractivity contribution is -0.123. The van der Waals surface area contributed by atoms with Crippen LogP contribution < -0.4 is 11.4 Å². The summed E-state index contributed by atoms with van der Waals surface area (Å²) in [6.45, 7) is 4.20. The molecule has 2 saturated carbocycles. The third-order valence-corrected chi connectivity index (χ3v) is 8.02. The predicted octanol–water partition coefficient (Wildman–Crippen LogP) is 2.09. The van der Waals surface area contributed by atoms with Crippen LogP contribution in [0.3, 0.4) is 0 Å². The lowest BCUT2D eigenvalue weighted by atomic mass is 9.74. The molecule has 0 N–H and O–H groups in total. The molecule has 6 heteroatoms. The number of carbonyl (C=O) groups is 1. The highest BCUT2D eigenvalue weighted by Crippen LogP contribution is 2.87. The molecular formula is C21H21N3O3. The number of nitrogens with zero attached hydrogens (tertiary/aromatic N) is 3. The molecule has 1 aromatic heterocycles. The van der Waals surface area contributed by atoms with Crippen LogP contribution >= 0.6 is 0 Å². The molecule has 2 bridgehead atoms.